The van der Waals surface area contributed by atoms with Gasteiger partial charge in [-0.25, -0.2) is 0 Å². The van der Waals surface area contributed by atoms with Crippen LogP contribution >= 0.6 is 0 Å². The first kappa shape index (κ1) is 14.0. The molecule has 0 fully saturated rings. The van der Waals surface area contributed by atoms with E-state index in [1.807, 2.05) is 26.0 Å². The zero-order valence-corrected chi connectivity index (χ0v) is 11.5. The fourth-order valence-corrected chi connectivity index (χ4v) is 1.93. The molecule has 0 amide bonds. The molecule has 2 nitrogen and oxygen atoms in total. The highest BCUT2D eigenvalue weighted by molar-refractivity contribution is 5.41. The van der Waals surface area contributed by atoms with Crippen molar-refractivity contribution >= 4 is 0 Å². The Balaban J connectivity index is 3.11. The average Bonchev–Trinajstić information content (AvgIpc) is 2.18. The second-order valence-corrected chi connectivity index (χ2v) is 6.63. The first-order valence-electron chi connectivity index (χ1n) is 6.09. The van der Waals surface area contributed by atoms with Crippen molar-refractivity contribution in [3.8, 4) is 5.75 Å². The number of rotatable bonds is 3. The van der Waals surface area contributed by atoms with Gasteiger partial charge in [-0.15, -0.1) is 0 Å². The predicted molar refractivity (Wildman–Crippen MR) is 71.4 cm³/mol. The van der Waals surface area contributed by atoms with E-state index in [9.17, 15) is 10.2 Å². The number of hydrogen-bond acceptors (Lipinski definition) is 2. The van der Waals surface area contributed by atoms with Crippen molar-refractivity contribution in [2.45, 2.75) is 46.5 Å². The standard InChI is InChI=1S/C15H24O2/c1-14(2,3)9-11-6-7-13(17)12(8-11)15(4,5)10-16/h6-8,16-17H,9-10H2,1-5H3. The summed E-state index contributed by atoms with van der Waals surface area (Å²) >= 11 is 0. The van der Waals surface area contributed by atoms with Gasteiger partial charge in [0.2, 0.25) is 0 Å². The lowest BCUT2D eigenvalue weighted by atomic mass is 9.81. The molecule has 0 saturated carbocycles. The van der Waals surface area contributed by atoms with Crippen LogP contribution in [0.3, 0.4) is 0 Å². The monoisotopic (exact) mass is 236 g/mol. The summed E-state index contributed by atoms with van der Waals surface area (Å²) in [5.41, 5.74) is 1.84. The van der Waals surface area contributed by atoms with Crippen LogP contribution in [0, 0.1) is 5.41 Å². The van der Waals surface area contributed by atoms with Gasteiger partial charge in [0.25, 0.3) is 0 Å². The molecule has 0 spiro atoms. The average molecular weight is 236 g/mol. The van der Waals surface area contributed by atoms with Gasteiger partial charge in [-0.05, 0) is 23.5 Å². The smallest absolute Gasteiger partial charge is 0.119 e. The molecule has 0 aliphatic heterocycles. The SMILES string of the molecule is CC(C)(C)Cc1ccc(O)c(C(C)(C)CO)c1. The van der Waals surface area contributed by atoms with Crippen LogP contribution in [0.2, 0.25) is 0 Å². The van der Waals surface area contributed by atoms with Crippen molar-refractivity contribution < 1.29 is 10.2 Å². The molecular formula is C15H24O2. The second-order valence-electron chi connectivity index (χ2n) is 6.63. The van der Waals surface area contributed by atoms with Crippen molar-refractivity contribution in [3.05, 3.63) is 29.3 Å². The van der Waals surface area contributed by atoms with Crippen LogP contribution in [0.5, 0.6) is 5.75 Å². The highest BCUT2D eigenvalue weighted by Gasteiger charge is 2.24. The number of hydrogen-bond donors (Lipinski definition) is 2. The summed E-state index contributed by atoms with van der Waals surface area (Å²) in [4.78, 5) is 0. The zero-order chi connectivity index (χ0) is 13.3. The van der Waals surface area contributed by atoms with E-state index in [-0.39, 0.29) is 17.8 Å². The molecule has 0 atom stereocenters. The number of benzene rings is 1. The van der Waals surface area contributed by atoms with Gasteiger partial charge in [0.05, 0.1) is 6.61 Å². The minimum Gasteiger partial charge on any atom is -0.508 e. The third-order valence-corrected chi connectivity index (χ3v) is 2.92. The Hall–Kier alpha value is -1.02. The molecule has 96 valence electrons. The predicted octanol–water partition coefficient (Wildman–Crippen LogP) is 3.25. The quantitative estimate of drug-likeness (QED) is 0.845. The molecule has 0 aliphatic rings. The summed E-state index contributed by atoms with van der Waals surface area (Å²) in [7, 11) is 0. The van der Waals surface area contributed by atoms with E-state index in [1.54, 1.807) is 6.07 Å². The molecule has 17 heavy (non-hydrogen) atoms. The van der Waals surface area contributed by atoms with Crippen molar-refractivity contribution in [2.75, 3.05) is 6.61 Å². The summed E-state index contributed by atoms with van der Waals surface area (Å²) in [5.74, 6) is 0.265. The fraction of sp³-hybridized carbons (Fsp3) is 0.600. The lowest BCUT2D eigenvalue weighted by Gasteiger charge is -2.25. The van der Waals surface area contributed by atoms with E-state index in [4.69, 9.17) is 0 Å². The van der Waals surface area contributed by atoms with Gasteiger partial charge in [0.15, 0.2) is 0 Å². The van der Waals surface area contributed by atoms with E-state index >= 15 is 0 Å². The van der Waals surface area contributed by atoms with Crippen LogP contribution in [0.1, 0.15) is 45.7 Å². The van der Waals surface area contributed by atoms with Gasteiger partial charge < -0.3 is 10.2 Å². The van der Waals surface area contributed by atoms with Gasteiger partial charge in [-0.3, -0.25) is 0 Å². The number of phenolic OH excluding ortho intramolecular Hbond substituents is 1. The zero-order valence-electron chi connectivity index (χ0n) is 11.5. The van der Waals surface area contributed by atoms with Crippen LogP contribution in [-0.2, 0) is 11.8 Å². The largest absolute Gasteiger partial charge is 0.508 e. The second kappa shape index (κ2) is 4.69. The number of aliphatic hydroxyl groups excluding tert-OH is 1. The molecule has 0 aliphatic carbocycles. The Morgan fingerprint density at radius 1 is 1.06 bits per heavy atom. The molecule has 0 bridgehead atoms. The van der Waals surface area contributed by atoms with Crippen LogP contribution in [0.15, 0.2) is 18.2 Å². The number of phenols is 1. The Morgan fingerprint density at radius 3 is 2.12 bits per heavy atom. The van der Waals surface area contributed by atoms with Crippen molar-refractivity contribution in [2.24, 2.45) is 5.41 Å². The van der Waals surface area contributed by atoms with Crippen molar-refractivity contribution in [1.82, 2.24) is 0 Å². The molecule has 1 aromatic carbocycles. The van der Waals surface area contributed by atoms with Crippen LogP contribution < -0.4 is 0 Å². The molecule has 0 heterocycles. The van der Waals surface area contributed by atoms with Crippen molar-refractivity contribution in [3.63, 3.8) is 0 Å². The molecule has 0 radical (unpaired) electrons. The Kier molecular flexibility index (Phi) is 3.88. The maximum absolute atomic E-state index is 9.89. The molecule has 0 aromatic heterocycles. The summed E-state index contributed by atoms with van der Waals surface area (Å²) in [6.45, 7) is 10.5. The summed E-state index contributed by atoms with van der Waals surface area (Å²) in [5, 5.41) is 19.3. The fourth-order valence-electron chi connectivity index (χ4n) is 1.93. The van der Waals surface area contributed by atoms with E-state index < -0.39 is 5.41 Å². The number of aliphatic hydroxyl groups is 1. The van der Waals surface area contributed by atoms with Crippen molar-refractivity contribution in [1.29, 1.82) is 0 Å². The van der Waals surface area contributed by atoms with E-state index in [0.29, 0.717) is 0 Å². The van der Waals surface area contributed by atoms with Gasteiger partial charge in [0.1, 0.15) is 5.75 Å². The van der Waals surface area contributed by atoms with Crippen LogP contribution in [-0.4, -0.2) is 16.8 Å². The first-order valence-corrected chi connectivity index (χ1v) is 6.09. The minimum absolute atomic E-state index is 0.0273. The molecule has 2 heteroatoms. The maximum Gasteiger partial charge on any atom is 0.119 e. The van der Waals surface area contributed by atoms with Gasteiger partial charge >= 0.3 is 0 Å². The van der Waals surface area contributed by atoms with Crippen LogP contribution in [0.4, 0.5) is 0 Å². The summed E-state index contributed by atoms with van der Waals surface area (Å²) in [6, 6.07) is 5.70. The van der Waals surface area contributed by atoms with E-state index in [2.05, 4.69) is 20.8 Å². The highest BCUT2D eigenvalue weighted by atomic mass is 16.3. The third kappa shape index (κ3) is 3.74. The summed E-state index contributed by atoms with van der Waals surface area (Å²) < 4.78 is 0. The normalized spacial score (nSPS) is 12.8. The van der Waals surface area contributed by atoms with Gasteiger partial charge in [0, 0.05) is 11.0 Å². The highest BCUT2D eigenvalue weighted by Crippen LogP contribution is 2.33. The first-order chi connectivity index (χ1) is 7.65. The molecule has 0 saturated heterocycles. The Morgan fingerprint density at radius 2 is 1.65 bits per heavy atom. The lowest BCUT2D eigenvalue weighted by Crippen LogP contribution is -2.22. The molecule has 2 N–H and O–H groups in total. The van der Waals surface area contributed by atoms with Gasteiger partial charge in [-0.1, -0.05) is 46.8 Å². The van der Waals surface area contributed by atoms with Crippen LogP contribution in [0.25, 0.3) is 0 Å². The summed E-state index contributed by atoms with van der Waals surface area (Å²) in [6.07, 6.45) is 0.960. The molecule has 1 rings (SSSR count). The Labute approximate surface area is 104 Å². The third-order valence-electron chi connectivity index (χ3n) is 2.92. The van der Waals surface area contributed by atoms with E-state index in [1.165, 1.54) is 5.56 Å². The topological polar surface area (TPSA) is 40.5 Å². The lowest BCUT2D eigenvalue weighted by molar-refractivity contribution is 0.215. The maximum atomic E-state index is 9.89. The Bertz CT molecular complexity index is 386. The van der Waals surface area contributed by atoms with E-state index in [0.717, 1.165) is 12.0 Å². The molecular weight excluding hydrogens is 212 g/mol. The van der Waals surface area contributed by atoms with Gasteiger partial charge in [-0.2, -0.15) is 0 Å². The minimum atomic E-state index is -0.405. The molecule has 1 aromatic rings. The number of aromatic hydroxyl groups is 1. The molecule has 0 unspecified atom stereocenters.